The SMILES string of the molecule is CCN(CC)C(=O)c1ccc(C2=CC3(CCNCC3)Oc3c(C)cc(C)cc32)cn1. The fourth-order valence-corrected chi connectivity index (χ4v) is 4.55. The number of hydrogen-bond acceptors (Lipinski definition) is 4. The maximum absolute atomic E-state index is 12.6. The van der Waals surface area contributed by atoms with Crippen molar-refractivity contribution in [2.75, 3.05) is 26.2 Å². The molecule has 1 aromatic carbocycles. The average Bonchev–Trinajstić information content (AvgIpc) is 2.75. The topological polar surface area (TPSA) is 54.5 Å². The van der Waals surface area contributed by atoms with Crippen molar-refractivity contribution in [3.8, 4) is 5.75 Å². The first-order chi connectivity index (χ1) is 14.5. The Bertz CT molecular complexity index is 969. The van der Waals surface area contributed by atoms with E-state index in [-0.39, 0.29) is 11.5 Å². The lowest BCUT2D eigenvalue weighted by atomic mass is 9.82. The monoisotopic (exact) mass is 405 g/mol. The Kier molecular flexibility index (Phi) is 5.65. The summed E-state index contributed by atoms with van der Waals surface area (Å²) in [7, 11) is 0. The highest BCUT2D eigenvalue weighted by atomic mass is 16.5. The minimum Gasteiger partial charge on any atom is -0.482 e. The summed E-state index contributed by atoms with van der Waals surface area (Å²) in [5, 5.41) is 3.44. The number of carbonyl (C=O) groups is 1. The summed E-state index contributed by atoms with van der Waals surface area (Å²) >= 11 is 0. The summed E-state index contributed by atoms with van der Waals surface area (Å²) in [5.41, 5.74) is 5.87. The van der Waals surface area contributed by atoms with E-state index in [1.54, 1.807) is 4.90 Å². The van der Waals surface area contributed by atoms with Gasteiger partial charge >= 0.3 is 0 Å². The van der Waals surface area contributed by atoms with E-state index < -0.39 is 0 Å². The van der Waals surface area contributed by atoms with Crippen LogP contribution in [0.25, 0.3) is 5.57 Å². The number of aryl methyl sites for hydroxylation is 2. The maximum atomic E-state index is 12.6. The molecule has 5 nitrogen and oxygen atoms in total. The van der Waals surface area contributed by atoms with Crippen LogP contribution in [0.15, 0.2) is 36.5 Å². The number of nitrogens with one attached hydrogen (secondary N) is 1. The number of rotatable bonds is 4. The number of ether oxygens (including phenoxy) is 1. The smallest absolute Gasteiger partial charge is 0.272 e. The zero-order chi connectivity index (χ0) is 21.3. The first kappa shape index (κ1) is 20.6. The second-order valence-electron chi connectivity index (χ2n) is 8.34. The van der Waals surface area contributed by atoms with Gasteiger partial charge in [-0.1, -0.05) is 12.1 Å². The van der Waals surface area contributed by atoms with E-state index in [4.69, 9.17) is 4.74 Å². The van der Waals surface area contributed by atoms with Gasteiger partial charge in [0.15, 0.2) is 0 Å². The molecular formula is C25H31N3O2. The van der Waals surface area contributed by atoms with Crippen LogP contribution in [0, 0.1) is 13.8 Å². The van der Waals surface area contributed by atoms with Gasteiger partial charge in [-0.15, -0.1) is 0 Å². The third-order valence-electron chi connectivity index (χ3n) is 6.22. The zero-order valence-corrected chi connectivity index (χ0v) is 18.4. The average molecular weight is 406 g/mol. The summed E-state index contributed by atoms with van der Waals surface area (Å²) in [5.74, 6) is 0.956. The highest BCUT2D eigenvalue weighted by molar-refractivity contribution is 5.93. The van der Waals surface area contributed by atoms with Crippen LogP contribution in [-0.2, 0) is 0 Å². The number of benzene rings is 1. The largest absolute Gasteiger partial charge is 0.482 e. The molecule has 1 spiro atoms. The van der Waals surface area contributed by atoms with Gasteiger partial charge in [0.1, 0.15) is 17.0 Å². The minimum absolute atomic E-state index is 0.0191. The summed E-state index contributed by atoms with van der Waals surface area (Å²) in [6.45, 7) is 11.5. The lowest BCUT2D eigenvalue weighted by Crippen LogP contribution is -2.46. The van der Waals surface area contributed by atoms with Crippen LogP contribution in [-0.4, -0.2) is 47.6 Å². The summed E-state index contributed by atoms with van der Waals surface area (Å²) in [6, 6.07) is 8.25. The highest BCUT2D eigenvalue weighted by Gasteiger charge is 2.37. The van der Waals surface area contributed by atoms with Crippen LogP contribution in [0.3, 0.4) is 0 Å². The van der Waals surface area contributed by atoms with Gasteiger partial charge in [-0.25, -0.2) is 0 Å². The number of amides is 1. The number of pyridine rings is 1. The molecule has 1 saturated heterocycles. The maximum Gasteiger partial charge on any atom is 0.272 e. The molecular weight excluding hydrogens is 374 g/mol. The molecule has 0 saturated carbocycles. The standard InChI is InChI=1S/C25H31N3O2/c1-5-28(6-2)24(29)22-8-7-19(16-27-22)21-15-25(9-11-26-12-10-25)30-23-18(4)13-17(3)14-20(21)23/h7-8,13-16,26H,5-6,9-12H2,1-4H3. The Morgan fingerprint density at radius 1 is 1.17 bits per heavy atom. The Labute approximate surface area is 179 Å². The van der Waals surface area contributed by atoms with Crippen LogP contribution < -0.4 is 10.1 Å². The van der Waals surface area contributed by atoms with Crippen molar-refractivity contribution in [1.29, 1.82) is 0 Å². The van der Waals surface area contributed by atoms with Gasteiger partial charge < -0.3 is 15.0 Å². The predicted octanol–water partition coefficient (Wildman–Crippen LogP) is 4.13. The third-order valence-corrected chi connectivity index (χ3v) is 6.22. The van der Waals surface area contributed by atoms with E-state index in [1.807, 2.05) is 32.2 Å². The van der Waals surface area contributed by atoms with Crippen molar-refractivity contribution in [2.45, 2.75) is 46.1 Å². The van der Waals surface area contributed by atoms with Gasteiger partial charge in [-0.3, -0.25) is 9.78 Å². The lowest BCUT2D eigenvalue weighted by Gasteiger charge is -2.40. The van der Waals surface area contributed by atoms with E-state index in [0.29, 0.717) is 18.8 Å². The number of piperidine rings is 1. The highest BCUT2D eigenvalue weighted by Crippen LogP contribution is 2.44. The van der Waals surface area contributed by atoms with E-state index in [0.717, 1.165) is 53.9 Å². The Balaban J connectivity index is 1.77. The Hall–Kier alpha value is -2.66. The van der Waals surface area contributed by atoms with Crippen molar-refractivity contribution >= 4 is 11.5 Å². The molecule has 1 fully saturated rings. The van der Waals surface area contributed by atoms with E-state index in [2.05, 4.69) is 42.4 Å². The molecule has 0 unspecified atom stereocenters. The van der Waals surface area contributed by atoms with E-state index in [1.165, 1.54) is 5.56 Å². The number of carbonyl (C=O) groups excluding carboxylic acids is 1. The molecule has 2 aliphatic heterocycles. The van der Waals surface area contributed by atoms with E-state index in [9.17, 15) is 4.79 Å². The van der Waals surface area contributed by atoms with Crippen molar-refractivity contribution in [3.05, 3.63) is 64.5 Å². The van der Waals surface area contributed by atoms with Gasteiger partial charge in [0, 0.05) is 43.3 Å². The molecule has 2 aliphatic rings. The minimum atomic E-state index is -0.288. The van der Waals surface area contributed by atoms with E-state index >= 15 is 0 Å². The van der Waals surface area contributed by atoms with Crippen molar-refractivity contribution in [1.82, 2.24) is 15.2 Å². The van der Waals surface area contributed by atoms with Crippen LogP contribution in [0.4, 0.5) is 0 Å². The lowest BCUT2D eigenvalue weighted by molar-refractivity contribution is 0.0766. The Morgan fingerprint density at radius 2 is 1.90 bits per heavy atom. The zero-order valence-electron chi connectivity index (χ0n) is 18.4. The second kappa shape index (κ2) is 8.23. The molecule has 0 radical (unpaired) electrons. The number of hydrogen-bond donors (Lipinski definition) is 1. The van der Waals surface area contributed by atoms with Gasteiger partial charge in [-0.05, 0) is 75.7 Å². The van der Waals surface area contributed by atoms with Crippen LogP contribution >= 0.6 is 0 Å². The fraction of sp³-hybridized carbons (Fsp3) is 0.440. The molecule has 0 bridgehead atoms. The van der Waals surface area contributed by atoms with Gasteiger partial charge in [-0.2, -0.15) is 0 Å². The first-order valence-electron chi connectivity index (χ1n) is 11.0. The number of nitrogens with zero attached hydrogens (tertiary/aromatic N) is 2. The van der Waals surface area contributed by atoms with Gasteiger partial charge in [0.25, 0.3) is 5.91 Å². The molecule has 1 N–H and O–H groups in total. The third kappa shape index (κ3) is 3.74. The number of fused-ring (bicyclic) bond motifs is 1. The molecule has 2 aromatic rings. The second-order valence-corrected chi connectivity index (χ2v) is 8.34. The Morgan fingerprint density at radius 3 is 2.53 bits per heavy atom. The van der Waals surface area contributed by atoms with Crippen LogP contribution in [0.5, 0.6) is 5.75 Å². The first-order valence-corrected chi connectivity index (χ1v) is 11.0. The molecule has 1 amide bonds. The molecule has 158 valence electrons. The molecule has 1 aromatic heterocycles. The van der Waals surface area contributed by atoms with Crippen LogP contribution in [0.1, 0.15) is 59.4 Å². The molecule has 30 heavy (non-hydrogen) atoms. The molecule has 3 heterocycles. The molecule has 0 atom stereocenters. The predicted molar refractivity (Wildman–Crippen MR) is 120 cm³/mol. The summed E-state index contributed by atoms with van der Waals surface area (Å²) < 4.78 is 6.62. The quantitative estimate of drug-likeness (QED) is 0.831. The van der Waals surface area contributed by atoms with Crippen molar-refractivity contribution in [3.63, 3.8) is 0 Å². The summed E-state index contributed by atoms with van der Waals surface area (Å²) in [6.07, 6.45) is 6.01. The molecule has 5 heteroatoms. The fourth-order valence-electron chi connectivity index (χ4n) is 4.55. The molecule has 4 rings (SSSR count). The normalized spacial score (nSPS) is 17.1. The number of aromatic nitrogens is 1. The summed E-state index contributed by atoms with van der Waals surface area (Å²) in [4.78, 5) is 19.0. The van der Waals surface area contributed by atoms with Crippen molar-refractivity contribution in [2.24, 2.45) is 0 Å². The van der Waals surface area contributed by atoms with Crippen LogP contribution in [0.2, 0.25) is 0 Å². The van der Waals surface area contributed by atoms with Gasteiger partial charge in [0.2, 0.25) is 0 Å². The van der Waals surface area contributed by atoms with Gasteiger partial charge in [0.05, 0.1) is 0 Å². The van der Waals surface area contributed by atoms with Crippen molar-refractivity contribution < 1.29 is 9.53 Å². The molecule has 0 aliphatic carbocycles.